The van der Waals surface area contributed by atoms with Gasteiger partial charge in [-0.05, 0) is 19.8 Å². The molecule has 2 N–H and O–H groups in total. The van der Waals surface area contributed by atoms with E-state index in [1.165, 1.54) is 50.6 Å². The maximum Gasteiger partial charge on any atom is 0.0921 e. The van der Waals surface area contributed by atoms with Crippen molar-refractivity contribution in [3.05, 3.63) is 18.2 Å². The summed E-state index contributed by atoms with van der Waals surface area (Å²) in [6.07, 6.45) is 13.9. The highest BCUT2D eigenvalue weighted by Crippen LogP contribution is 2.21. The van der Waals surface area contributed by atoms with Gasteiger partial charge in [-0.25, -0.2) is 4.98 Å². The number of rotatable bonds is 11. The van der Waals surface area contributed by atoms with Crippen LogP contribution < -0.4 is 5.32 Å². The molecule has 19 heavy (non-hydrogen) atoms. The first-order valence-electron chi connectivity index (χ1n) is 7.92. The molecule has 0 aliphatic rings. The second kappa shape index (κ2) is 9.13. The summed E-state index contributed by atoms with van der Waals surface area (Å²) in [5.74, 6) is 0. The van der Waals surface area contributed by atoms with E-state index in [0.717, 1.165) is 13.0 Å². The summed E-state index contributed by atoms with van der Waals surface area (Å²) in [4.78, 5) is 7.23. The molecule has 110 valence electrons. The molecule has 0 fully saturated rings. The van der Waals surface area contributed by atoms with E-state index < -0.39 is 0 Å². The highest BCUT2D eigenvalue weighted by atomic mass is 15.0. The zero-order valence-electron chi connectivity index (χ0n) is 13.0. The maximum atomic E-state index is 4.06. The van der Waals surface area contributed by atoms with Crippen LogP contribution in [-0.4, -0.2) is 22.1 Å². The molecule has 1 heterocycles. The molecular formula is C16H31N3. The second-order valence-electron chi connectivity index (χ2n) is 5.87. The van der Waals surface area contributed by atoms with Crippen molar-refractivity contribution in [2.45, 2.75) is 77.7 Å². The van der Waals surface area contributed by atoms with Crippen LogP contribution in [0.1, 0.15) is 71.4 Å². The largest absolute Gasteiger partial charge is 0.348 e. The van der Waals surface area contributed by atoms with Gasteiger partial charge in [-0.2, -0.15) is 0 Å². The van der Waals surface area contributed by atoms with Crippen LogP contribution in [0.4, 0.5) is 0 Å². The van der Waals surface area contributed by atoms with Crippen molar-refractivity contribution in [2.75, 3.05) is 6.54 Å². The summed E-state index contributed by atoms with van der Waals surface area (Å²) in [5, 5.41) is 3.78. The van der Waals surface area contributed by atoms with Gasteiger partial charge in [-0.15, -0.1) is 0 Å². The van der Waals surface area contributed by atoms with E-state index in [9.17, 15) is 0 Å². The predicted molar refractivity (Wildman–Crippen MR) is 82.4 cm³/mol. The molecule has 0 saturated carbocycles. The lowest BCUT2D eigenvalue weighted by Gasteiger charge is -2.31. The minimum absolute atomic E-state index is 0.311. The van der Waals surface area contributed by atoms with Crippen LogP contribution in [0.5, 0.6) is 0 Å². The highest BCUT2D eigenvalue weighted by molar-refractivity contribution is 4.95. The van der Waals surface area contributed by atoms with Gasteiger partial charge in [-0.3, -0.25) is 0 Å². The van der Waals surface area contributed by atoms with Gasteiger partial charge in [0.15, 0.2) is 0 Å². The quantitative estimate of drug-likeness (QED) is 0.592. The van der Waals surface area contributed by atoms with Crippen LogP contribution in [0.2, 0.25) is 0 Å². The van der Waals surface area contributed by atoms with Crippen molar-refractivity contribution >= 4 is 0 Å². The average molecular weight is 265 g/mol. The number of aromatic amines is 1. The summed E-state index contributed by atoms with van der Waals surface area (Å²) < 4.78 is 0. The van der Waals surface area contributed by atoms with Crippen molar-refractivity contribution in [2.24, 2.45) is 0 Å². The summed E-state index contributed by atoms with van der Waals surface area (Å²) in [6.45, 7) is 7.98. The first-order chi connectivity index (χ1) is 9.20. The Hall–Kier alpha value is -0.830. The standard InChI is InChI=1S/C16H31N3/c1-4-6-8-11-16(3,10-7-5-2)19-12-9-15-13-17-14-18-15/h13-14,19H,4-12H2,1-3H3,(H,17,18). The normalized spacial score (nSPS) is 14.5. The minimum atomic E-state index is 0.311. The van der Waals surface area contributed by atoms with E-state index in [0.29, 0.717) is 5.54 Å². The highest BCUT2D eigenvalue weighted by Gasteiger charge is 2.21. The first-order valence-corrected chi connectivity index (χ1v) is 7.92. The van der Waals surface area contributed by atoms with Crippen molar-refractivity contribution < 1.29 is 0 Å². The van der Waals surface area contributed by atoms with E-state index in [1.54, 1.807) is 6.33 Å². The van der Waals surface area contributed by atoms with Crippen molar-refractivity contribution in [3.63, 3.8) is 0 Å². The van der Waals surface area contributed by atoms with Gasteiger partial charge in [0, 0.05) is 30.4 Å². The Morgan fingerprint density at radius 3 is 2.53 bits per heavy atom. The van der Waals surface area contributed by atoms with Gasteiger partial charge in [0.2, 0.25) is 0 Å². The van der Waals surface area contributed by atoms with Crippen molar-refractivity contribution in [1.29, 1.82) is 0 Å². The van der Waals surface area contributed by atoms with E-state index in [1.807, 2.05) is 6.20 Å². The summed E-state index contributed by atoms with van der Waals surface area (Å²) in [6, 6.07) is 0. The first kappa shape index (κ1) is 16.2. The SMILES string of the molecule is CCCCCC(C)(CCCC)NCCc1cnc[nH]1. The number of aromatic nitrogens is 2. The number of unbranched alkanes of at least 4 members (excludes halogenated alkanes) is 3. The molecule has 1 unspecified atom stereocenters. The van der Waals surface area contributed by atoms with Crippen LogP contribution in [-0.2, 0) is 6.42 Å². The van der Waals surface area contributed by atoms with Crippen LogP contribution in [0.15, 0.2) is 12.5 Å². The van der Waals surface area contributed by atoms with Crippen molar-refractivity contribution in [1.82, 2.24) is 15.3 Å². The zero-order valence-corrected chi connectivity index (χ0v) is 13.0. The molecule has 0 bridgehead atoms. The number of H-pyrrole nitrogens is 1. The molecule has 3 heteroatoms. The lowest BCUT2D eigenvalue weighted by atomic mass is 9.88. The van der Waals surface area contributed by atoms with Crippen LogP contribution in [0.3, 0.4) is 0 Å². The Bertz CT molecular complexity index is 308. The third kappa shape index (κ3) is 6.76. The van der Waals surface area contributed by atoms with Gasteiger partial charge < -0.3 is 10.3 Å². The van der Waals surface area contributed by atoms with Crippen LogP contribution >= 0.6 is 0 Å². The molecular weight excluding hydrogens is 234 g/mol. The van der Waals surface area contributed by atoms with E-state index in [2.05, 4.69) is 36.1 Å². The van der Waals surface area contributed by atoms with E-state index in [4.69, 9.17) is 0 Å². The number of nitrogens with zero attached hydrogens (tertiary/aromatic N) is 1. The molecule has 1 aromatic heterocycles. The van der Waals surface area contributed by atoms with E-state index >= 15 is 0 Å². The van der Waals surface area contributed by atoms with Gasteiger partial charge in [0.25, 0.3) is 0 Å². The second-order valence-corrected chi connectivity index (χ2v) is 5.87. The Morgan fingerprint density at radius 2 is 1.89 bits per heavy atom. The van der Waals surface area contributed by atoms with Gasteiger partial charge in [0.05, 0.1) is 6.33 Å². The molecule has 0 saturated heterocycles. The number of nitrogens with one attached hydrogen (secondary N) is 2. The maximum absolute atomic E-state index is 4.06. The average Bonchev–Trinajstić information content (AvgIpc) is 2.90. The molecule has 0 aliphatic heterocycles. The van der Waals surface area contributed by atoms with Gasteiger partial charge in [-0.1, -0.05) is 46.0 Å². The molecule has 0 amide bonds. The van der Waals surface area contributed by atoms with Crippen LogP contribution in [0.25, 0.3) is 0 Å². The molecule has 1 aromatic rings. The van der Waals surface area contributed by atoms with E-state index in [-0.39, 0.29) is 0 Å². The predicted octanol–water partition coefficient (Wildman–Crippen LogP) is 4.07. The molecule has 3 nitrogen and oxygen atoms in total. The van der Waals surface area contributed by atoms with Crippen molar-refractivity contribution in [3.8, 4) is 0 Å². The molecule has 0 aliphatic carbocycles. The Balaban J connectivity index is 2.34. The number of hydrogen-bond donors (Lipinski definition) is 2. The monoisotopic (exact) mass is 265 g/mol. The molecule has 0 aromatic carbocycles. The third-order valence-corrected chi connectivity index (χ3v) is 3.92. The Kier molecular flexibility index (Phi) is 7.80. The third-order valence-electron chi connectivity index (χ3n) is 3.92. The summed E-state index contributed by atoms with van der Waals surface area (Å²) >= 11 is 0. The Labute approximate surface area is 118 Å². The summed E-state index contributed by atoms with van der Waals surface area (Å²) in [7, 11) is 0. The van der Waals surface area contributed by atoms with Gasteiger partial charge in [0.1, 0.15) is 0 Å². The Morgan fingerprint density at radius 1 is 1.16 bits per heavy atom. The number of imidazole rings is 1. The smallest absolute Gasteiger partial charge is 0.0921 e. The lowest BCUT2D eigenvalue weighted by Crippen LogP contribution is -2.43. The topological polar surface area (TPSA) is 40.7 Å². The molecule has 0 spiro atoms. The fourth-order valence-electron chi connectivity index (χ4n) is 2.55. The molecule has 0 radical (unpaired) electrons. The summed E-state index contributed by atoms with van der Waals surface area (Å²) in [5.41, 5.74) is 1.53. The molecule has 1 rings (SSSR count). The van der Waals surface area contributed by atoms with Gasteiger partial charge >= 0.3 is 0 Å². The van der Waals surface area contributed by atoms with Crippen LogP contribution in [0, 0.1) is 0 Å². The molecule has 1 atom stereocenters. The fraction of sp³-hybridized carbons (Fsp3) is 0.812. The lowest BCUT2D eigenvalue weighted by molar-refractivity contribution is 0.292. The fourth-order valence-corrected chi connectivity index (χ4v) is 2.55. The zero-order chi connectivity index (χ0) is 14.0. The minimum Gasteiger partial charge on any atom is -0.348 e. The number of hydrogen-bond acceptors (Lipinski definition) is 2.